The lowest BCUT2D eigenvalue weighted by Gasteiger charge is -2.09. The van der Waals surface area contributed by atoms with E-state index < -0.39 is 12.7 Å². The van der Waals surface area contributed by atoms with E-state index in [1.54, 1.807) is 0 Å². The van der Waals surface area contributed by atoms with Gasteiger partial charge in [-0.2, -0.15) is 13.2 Å². The predicted molar refractivity (Wildman–Crippen MR) is 47.3 cm³/mol. The van der Waals surface area contributed by atoms with E-state index in [1.165, 1.54) is 24.3 Å². The molecular weight excluding hydrogens is 212 g/mol. The first kappa shape index (κ1) is 11.9. The third kappa shape index (κ3) is 5.34. The van der Waals surface area contributed by atoms with Crippen molar-refractivity contribution in [1.29, 1.82) is 0 Å². The molecule has 0 radical (unpaired) electrons. The lowest BCUT2D eigenvalue weighted by Crippen LogP contribution is -2.38. The summed E-state index contributed by atoms with van der Waals surface area (Å²) >= 11 is 0. The van der Waals surface area contributed by atoms with Gasteiger partial charge in [-0.05, 0) is 17.7 Å². The highest BCUT2D eigenvalue weighted by Gasteiger charge is 2.26. The number of hydrogen-bond donors (Lipinski definition) is 2. The Morgan fingerprint density at radius 2 is 1.60 bits per heavy atom. The maximum absolute atomic E-state index is 12.4. The quantitative estimate of drug-likeness (QED) is 0.462. The molecule has 2 N–H and O–H groups in total. The van der Waals surface area contributed by atoms with Gasteiger partial charge >= 0.3 is 6.18 Å². The maximum atomic E-state index is 12.4. The summed E-state index contributed by atoms with van der Waals surface area (Å²) in [5.41, 5.74) is 5.10. The highest BCUT2D eigenvalue weighted by molar-refractivity contribution is 5.15. The van der Waals surface area contributed by atoms with Crippen molar-refractivity contribution in [2.45, 2.75) is 12.7 Å². The first-order valence-electron chi connectivity index (χ1n) is 4.24. The molecule has 15 heavy (non-hydrogen) atoms. The second-order valence-electron chi connectivity index (χ2n) is 2.95. The topological polar surface area (TPSA) is 24.1 Å². The van der Waals surface area contributed by atoms with Crippen LogP contribution in [0.15, 0.2) is 24.3 Å². The molecule has 0 heterocycles. The van der Waals surface area contributed by atoms with Crippen LogP contribution in [0, 0.1) is 5.82 Å². The second kappa shape index (κ2) is 5.09. The van der Waals surface area contributed by atoms with Gasteiger partial charge in [0.05, 0.1) is 0 Å². The Labute approximate surface area is 84.3 Å². The zero-order chi connectivity index (χ0) is 11.3. The molecule has 0 unspecified atom stereocenters. The fourth-order valence-corrected chi connectivity index (χ4v) is 0.930. The van der Waals surface area contributed by atoms with Gasteiger partial charge in [-0.15, -0.1) is 0 Å². The van der Waals surface area contributed by atoms with E-state index in [1.807, 2.05) is 5.43 Å². The van der Waals surface area contributed by atoms with Crippen molar-refractivity contribution in [3.8, 4) is 0 Å². The Hall–Kier alpha value is -1.14. The van der Waals surface area contributed by atoms with Crippen LogP contribution in [-0.4, -0.2) is 12.7 Å². The SMILES string of the molecule is Fc1ccc(CNNCC(F)(F)F)cc1. The van der Waals surface area contributed by atoms with Crippen LogP contribution in [0.2, 0.25) is 0 Å². The average Bonchev–Trinajstić information content (AvgIpc) is 2.14. The minimum atomic E-state index is -4.24. The summed E-state index contributed by atoms with van der Waals surface area (Å²) in [6, 6.07) is 5.50. The van der Waals surface area contributed by atoms with Crippen molar-refractivity contribution >= 4 is 0 Å². The van der Waals surface area contributed by atoms with Crippen molar-refractivity contribution in [1.82, 2.24) is 10.9 Å². The molecule has 1 aromatic rings. The van der Waals surface area contributed by atoms with Crippen LogP contribution >= 0.6 is 0 Å². The standard InChI is InChI=1S/C9H10F4N2/c10-8-3-1-7(2-4-8)5-14-15-6-9(11,12)13/h1-4,14-15H,5-6H2. The number of halogens is 4. The number of rotatable bonds is 4. The van der Waals surface area contributed by atoms with Crippen LogP contribution in [0.1, 0.15) is 5.56 Å². The van der Waals surface area contributed by atoms with Crippen molar-refractivity contribution in [2.75, 3.05) is 6.54 Å². The Balaban J connectivity index is 2.23. The van der Waals surface area contributed by atoms with E-state index >= 15 is 0 Å². The van der Waals surface area contributed by atoms with Crippen LogP contribution < -0.4 is 10.9 Å². The summed E-state index contributed by atoms with van der Waals surface area (Å²) in [6.07, 6.45) is -4.24. The molecule has 84 valence electrons. The molecule has 0 aliphatic heterocycles. The number of alkyl halides is 3. The zero-order valence-electron chi connectivity index (χ0n) is 7.74. The second-order valence-corrected chi connectivity index (χ2v) is 2.95. The molecule has 6 heteroatoms. The van der Waals surface area contributed by atoms with E-state index in [9.17, 15) is 17.6 Å². The summed E-state index contributed by atoms with van der Waals surface area (Å²) in [5.74, 6) is -0.373. The van der Waals surface area contributed by atoms with Gasteiger partial charge < -0.3 is 0 Å². The van der Waals surface area contributed by atoms with Gasteiger partial charge in [0.25, 0.3) is 0 Å². The smallest absolute Gasteiger partial charge is 0.253 e. The van der Waals surface area contributed by atoms with E-state index in [-0.39, 0.29) is 12.4 Å². The molecule has 0 amide bonds. The first-order chi connectivity index (χ1) is 6.97. The normalized spacial score (nSPS) is 11.7. The first-order valence-corrected chi connectivity index (χ1v) is 4.24. The Morgan fingerprint density at radius 1 is 1.00 bits per heavy atom. The number of benzene rings is 1. The highest BCUT2D eigenvalue weighted by atomic mass is 19.4. The van der Waals surface area contributed by atoms with E-state index in [0.29, 0.717) is 5.56 Å². The molecule has 0 bridgehead atoms. The van der Waals surface area contributed by atoms with Gasteiger partial charge in [0.1, 0.15) is 12.4 Å². The highest BCUT2D eigenvalue weighted by Crippen LogP contribution is 2.11. The zero-order valence-corrected chi connectivity index (χ0v) is 7.74. The molecule has 1 rings (SSSR count). The summed E-state index contributed by atoms with van der Waals surface area (Å²) < 4.78 is 47.5. The third-order valence-electron chi connectivity index (χ3n) is 1.62. The third-order valence-corrected chi connectivity index (χ3v) is 1.62. The minimum absolute atomic E-state index is 0.205. The Morgan fingerprint density at radius 3 is 2.13 bits per heavy atom. The number of nitrogens with one attached hydrogen (secondary N) is 2. The summed E-state index contributed by atoms with van der Waals surface area (Å²) in [7, 11) is 0. The van der Waals surface area contributed by atoms with Crippen molar-refractivity contribution in [2.24, 2.45) is 0 Å². The van der Waals surface area contributed by atoms with Gasteiger partial charge in [-0.1, -0.05) is 12.1 Å². The van der Waals surface area contributed by atoms with Crippen LogP contribution in [0.25, 0.3) is 0 Å². The Bertz CT molecular complexity index is 294. The molecule has 0 saturated carbocycles. The molecule has 0 atom stereocenters. The molecule has 1 aromatic carbocycles. The van der Waals surface area contributed by atoms with Gasteiger partial charge in [0.2, 0.25) is 0 Å². The van der Waals surface area contributed by atoms with Crippen LogP contribution in [0.5, 0.6) is 0 Å². The molecule has 0 aromatic heterocycles. The van der Waals surface area contributed by atoms with E-state index in [4.69, 9.17) is 0 Å². The van der Waals surface area contributed by atoms with Crippen molar-refractivity contribution in [3.05, 3.63) is 35.6 Å². The van der Waals surface area contributed by atoms with Gasteiger partial charge in [0.15, 0.2) is 0 Å². The maximum Gasteiger partial charge on any atom is 0.402 e. The monoisotopic (exact) mass is 222 g/mol. The lowest BCUT2D eigenvalue weighted by molar-refractivity contribution is -0.126. The van der Waals surface area contributed by atoms with Gasteiger partial charge in [-0.3, -0.25) is 5.43 Å². The summed E-state index contributed by atoms with van der Waals surface area (Å²) in [5, 5.41) is 0. The fourth-order valence-electron chi connectivity index (χ4n) is 0.930. The van der Waals surface area contributed by atoms with Crippen LogP contribution in [0.3, 0.4) is 0 Å². The molecular formula is C9H10F4N2. The molecule has 0 aliphatic carbocycles. The van der Waals surface area contributed by atoms with Gasteiger partial charge in [-0.25, -0.2) is 9.82 Å². The number of hydrazine groups is 1. The van der Waals surface area contributed by atoms with E-state index in [0.717, 1.165) is 0 Å². The summed E-state index contributed by atoms with van der Waals surface area (Å²) in [4.78, 5) is 0. The molecule has 2 nitrogen and oxygen atoms in total. The molecule has 0 spiro atoms. The Kier molecular flexibility index (Phi) is 4.05. The van der Waals surface area contributed by atoms with Crippen molar-refractivity contribution in [3.63, 3.8) is 0 Å². The van der Waals surface area contributed by atoms with Gasteiger partial charge in [0, 0.05) is 6.54 Å². The fraction of sp³-hybridized carbons (Fsp3) is 0.333. The van der Waals surface area contributed by atoms with Crippen LogP contribution in [-0.2, 0) is 6.54 Å². The largest absolute Gasteiger partial charge is 0.402 e. The predicted octanol–water partition coefficient (Wildman–Crippen LogP) is 1.98. The molecule has 0 fully saturated rings. The molecule has 0 saturated heterocycles. The van der Waals surface area contributed by atoms with Crippen LogP contribution in [0.4, 0.5) is 17.6 Å². The van der Waals surface area contributed by atoms with Crippen molar-refractivity contribution < 1.29 is 17.6 Å². The average molecular weight is 222 g/mol. The molecule has 0 aliphatic rings. The summed E-state index contributed by atoms with van der Waals surface area (Å²) in [6.45, 7) is -0.898. The lowest BCUT2D eigenvalue weighted by atomic mass is 10.2. The number of hydrogen-bond acceptors (Lipinski definition) is 2. The minimum Gasteiger partial charge on any atom is -0.253 e. The van der Waals surface area contributed by atoms with E-state index in [2.05, 4.69) is 5.43 Å².